The first-order chi connectivity index (χ1) is 6.84. The minimum atomic E-state index is -0.258. The first-order valence-corrected chi connectivity index (χ1v) is 4.89. The van der Waals surface area contributed by atoms with Gasteiger partial charge in [0.2, 0.25) is 0 Å². The summed E-state index contributed by atoms with van der Waals surface area (Å²) in [7, 11) is 0. The van der Waals surface area contributed by atoms with Crippen molar-refractivity contribution in [2.24, 2.45) is 5.92 Å². The Morgan fingerprint density at radius 3 is 3.00 bits per heavy atom. The number of nitrogens with one attached hydrogen (secondary N) is 1. The maximum absolute atomic E-state index is 13.0. The minimum Gasteiger partial charge on any atom is -0.309 e. The zero-order chi connectivity index (χ0) is 9.54. The molecule has 1 fully saturated rings. The monoisotopic (exact) mass is 190 g/mol. The van der Waals surface area contributed by atoms with Gasteiger partial charge in [-0.05, 0) is 24.0 Å². The highest BCUT2D eigenvalue weighted by atomic mass is 19.1. The van der Waals surface area contributed by atoms with Crippen molar-refractivity contribution in [3.63, 3.8) is 0 Å². The number of nitrogens with zero attached hydrogens (tertiary/aromatic N) is 1. The molecule has 0 spiro atoms. The molecule has 1 aromatic heterocycles. The number of hydrogen-bond donors (Lipinski definition) is 1. The normalized spacial score (nSPS) is 29.4. The fourth-order valence-corrected chi connectivity index (χ4v) is 2.26. The van der Waals surface area contributed by atoms with E-state index >= 15 is 0 Å². The summed E-state index contributed by atoms with van der Waals surface area (Å²) in [6.07, 6.45) is 6.29. The molecule has 14 heavy (non-hydrogen) atoms. The molecule has 2 aliphatic rings. The third-order valence-electron chi connectivity index (χ3n) is 3.09. The Bertz CT molecular complexity index is 400. The first-order valence-electron chi connectivity index (χ1n) is 4.89. The van der Waals surface area contributed by atoms with Crippen molar-refractivity contribution >= 4 is 5.57 Å². The number of fused-ring (bicyclic) bond motifs is 1. The van der Waals surface area contributed by atoms with Gasteiger partial charge in [-0.1, -0.05) is 6.08 Å². The van der Waals surface area contributed by atoms with Gasteiger partial charge in [-0.15, -0.1) is 0 Å². The van der Waals surface area contributed by atoms with Crippen LogP contribution in [0.3, 0.4) is 0 Å². The summed E-state index contributed by atoms with van der Waals surface area (Å²) in [5, 5.41) is 3.36. The summed E-state index contributed by atoms with van der Waals surface area (Å²) >= 11 is 0. The average Bonchev–Trinajstić information content (AvgIpc) is 2.41. The van der Waals surface area contributed by atoms with E-state index in [4.69, 9.17) is 0 Å². The molecule has 2 unspecified atom stereocenters. The van der Waals surface area contributed by atoms with Crippen molar-refractivity contribution in [3.8, 4) is 0 Å². The third kappa shape index (κ3) is 1.09. The molecule has 1 aliphatic heterocycles. The average molecular weight is 190 g/mol. The number of hydrogen-bond acceptors (Lipinski definition) is 2. The van der Waals surface area contributed by atoms with Gasteiger partial charge < -0.3 is 5.32 Å². The highest BCUT2D eigenvalue weighted by Crippen LogP contribution is 2.36. The van der Waals surface area contributed by atoms with Crippen LogP contribution in [0.25, 0.3) is 5.57 Å². The van der Waals surface area contributed by atoms with Gasteiger partial charge in [-0.25, -0.2) is 4.39 Å². The Hall–Kier alpha value is -1.22. The van der Waals surface area contributed by atoms with E-state index in [9.17, 15) is 4.39 Å². The summed E-state index contributed by atoms with van der Waals surface area (Å²) in [5.41, 5.74) is 2.14. The number of halogens is 1. The van der Waals surface area contributed by atoms with E-state index in [1.54, 1.807) is 12.3 Å². The van der Waals surface area contributed by atoms with Crippen LogP contribution in [-0.4, -0.2) is 17.6 Å². The lowest BCUT2D eigenvalue weighted by Crippen LogP contribution is -2.50. The SMILES string of the molecule is Fc1cncc(C2=CCC3CNC23)c1. The molecule has 2 atom stereocenters. The van der Waals surface area contributed by atoms with Gasteiger partial charge >= 0.3 is 0 Å². The molecule has 0 amide bonds. The van der Waals surface area contributed by atoms with Crippen LogP contribution >= 0.6 is 0 Å². The van der Waals surface area contributed by atoms with Crippen LogP contribution < -0.4 is 5.32 Å². The molecule has 72 valence electrons. The predicted octanol–water partition coefficient (Wildman–Crippen LogP) is 1.60. The predicted molar refractivity (Wildman–Crippen MR) is 52.1 cm³/mol. The quantitative estimate of drug-likeness (QED) is 0.727. The standard InChI is InChI=1S/C11H11FN2/c12-9-3-8(4-13-6-9)10-2-1-7-5-14-11(7)10/h2-4,6-7,11,14H,1,5H2. The number of rotatable bonds is 1. The van der Waals surface area contributed by atoms with Crippen LogP contribution in [0.1, 0.15) is 12.0 Å². The summed E-state index contributed by atoms with van der Waals surface area (Å²) in [5.74, 6) is 0.472. The Labute approximate surface area is 81.9 Å². The second-order valence-corrected chi connectivity index (χ2v) is 3.93. The molecule has 0 bridgehead atoms. The van der Waals surface area contributed by atoms with Gasteiger partial charge in [-0.3, -0.25) is 4.98 Å². The van der Waals surface area contributed by atoms with Crippen LogP contribution in [0.15, 0.2) is 24.5 Å². The molecule has 1 aromatic rings. The lowest BCUT2D eigenvalue weighted by atomic mass is 9.89. The van der Waals surface area contributed by atoms with Gasteiger partial charge in [0.15, 0.2) is 0 Å². The molecule has 0 radical (unpaired) electrons. The zero-order valence-corrected chi connectivity index (χ0v) is 7.70. The van der Waals surface area contributed by atoms with Crippen LogP contribution in [0.4, 0.5) is 4.39 Å². The number of pyridine rings is 1. The van der Waals surface area contributed by atoms with E-state index in [2.05, 4.69) is 16.4 Å². The number of allylic oxidation sites excluding steroid dienone is 1. The highest BCUT2D eigenvalue weighted by molar-refractivity contribution is 5.72. The Morgan fingerprint density at radius 1 is 1.43 bits per heavy atom. The molecule has 1 aliphatic carbocycles. The van der Waals surface area contributed by atoms with Crippen LogP contribution in [0.2, 0.25) is 0 Å². The van der Waals surface area contributed by atoms with Crippen molar-refractivity contribution in [3.05, 3.63) is 35.9 Å². The first kappa shape index (κ1) is 8.12. The van der Waals surface area contributed by atoms with Crippen LogP contribution in [0.5, 0.6) is 0 Å². The van der Waals surface area contributed by atoms with Gasteiger partial charge in [-0.2, -0.15) is 0 Å². The van der Waals surface area contributed by atoms with Gasteiger partial charge in [0.1, 0.15) is 5.82 Å². The maximum atomic E-state index is 13.0. The summed E-state index contributed by atoms with van der Waals surface area (Å²) in [6.45, 7) is 1.09. The van der Waals surface area contributed by atoms with E-state index in [-0.39, 0.29) is 5.82 Å². The number of aromatic nitrogens is 1. The lowest BCUT2D eigenvalue weighted by molar-refractivity contribution is 0.306. The fourth-order valence-electron chi connectivity index (χ4n) is 2.26. The lowest BCUT2D eigenvalue weighted by Gasteiger charge is -2.34. The molecular weight excluding hydrogens is 179 g/mol. The van der Waals surface area contributed by atoms with Gasteiger partial charge in [0.05, 0.1) is 6.20 Å². The Morgan fingerprint density at radius 2 is 2.36 bits per heavy atom. The van der Waals surface area contributed by atoms with E-state index in [0.717, 1.165) is 24.4 Å². The summed E-state index contributed by atoms with van der Waals surface area (Å²) in [4.78, 5) is 3.87. The zero-order valence-electron chi connectivity index (χ0n) is 7.70. The molecule has 2 heterocycles. The molecular formula is C11H11FN2. The second kappa shape index (κ2) is 2.89. The smallest absolute Gasteiger partial charge is 0.142 e. The highest BCUT2D eigenvalue weighted by Gasteiger charge is 2.37. The van der Waals surface area contributed by atoms with Crippen LogP contribution in [0, 0.1) is 11.7 Å². The van der Waals surface area contributed by atoms with Crippen molar-refractivity contribution in [2.45, 2.75) is 12.5 Å². The maximum Gasteiger partial charge on any atom is 0.142 e. The molecule has 0 saturated carbocycles. The van der Waals surface area contributed by atoms with Gasteiger partial charge in [0.25, 0.3) is 0 Å². The second-order valence-electron chi connectivity index (χ2n) is 3.93. The minimum absolute atomic E-state index is 0.258. The van der Waals surface area contributed by atoms with Crippen molar-refractivity contribution in [1.82, 2.24) is 10.3 Å². The molecule has 2 nitrogen and oxygen atoms in total. The Balaban J connectivity index is 1.95. The van der Waals surface area contributed by atoms with Crippen LogP contribution in [-0.2, 0) is 0 Å². The third-order valence-corrected chi connectivity index (χ3v) is 3.09. The molecule has 1 N–H and O–H groups in total. The molecule has 0 aromatic carbocycles. The van der Waals surface area contributed by atoms with Crippen molar-refractivity contribution < 1.29 is 4.39 Å². The summed E-state index contributed by atoms with van der Waals surface area (Å²) < 4.78 is 13.0. The van der Waals surface area contributed by atoms with Crippen molar-refractivity contribution in [1.29, 1.82) is 0 Å². The van der Waals surface area contributed by atoms with E-state index < -0.39 is 0 Å². The van der Waals surface area contributed by atoms with Crippen molar-refractivity contribution in [2.75, 3.05) is 6.54 Å². The van der Waals surface area contributed by atoms with E-state index in [1.165, 1.54) is 11.8 Å². The molecule has 3 heteroatoms. The molecule has 3 rings (SSSR count). The fraction of sp³-hybridized carbons (Fsp3) is 0.364. The molecule has 1 saturated heterocycles. The Kier molecular flexibility index (Phi) is 1.67. The summed E-state index contributed by atoms with van der Waals surface area (Å²) in [6, 6.07) is 2.00. The van der Waals surface area contributed by atoms with E-state index in [0.29, 0.717) is 6.04 Å². The van der Waals surface area contributed by atoms with E-state index in [1.807, 2.05) is 0 Å². The largest absolute Gasteiger partial charge is 0.309 e. The van der Waals surface area contributed by atoms with Gasteiger partial charge in [0, 0.05) is 24.3 Å². The topological polar surface area (TPSA) is 24.9 Å².